The molecule has 1 N–H and O–H groups in total. The van der Waals surface area contributed by atoms with E-state index in [9.17, 15) is 0 Å². The third kappa shape index (κ3) is 5.45. The predicted octanol–water partition coefficient (Wildman–Crippen LogP) is 3.71. The average molecular weight is 285 g/mol. The molecule has 0 aliphatic heterocycles. The molecule has 0 fully saturated rings. The minimum absolute atomic E-state index is 0.503. The van der Waals surface area contributed by atoms with Gasteiger partial charge in [-0.1, -0.05) is 69.4 Å². The van der Waals surface area contributed by atoms with E-state index in [0.717, 1.165) is 18.5 Å². The summed E-state index contributed by atoms with van der Waals surface area (Å²) in [5, 5.41) is 19.5. The summed E-state index contributed by atoms with van der Waals surface area (Å²) in [5.41, 5.74) is 0.931. The fourth-order valence-corrected chi connectivity index (χ4v) is 2.11. The van der Waals surface area contributed by atoms with Crippen LogP contribution in [0.3, 0.4) is 0 Å². The lowest BCUT2D eigenvalue weighted by atomic mass is 10.1. The van der Waals surface area contributed by atoms with Crippen molar-refractivity contribution in [3.05, 3.63) is 30.3 Å². The van der Waals surface area contributed by atoms with Gasteiger partial charge in [0, 0.05) is 12.1 Å². The molecular formula is C16H23N5. The summed E-state index contributed by atoms with van der Waals surface area (Å²) < 4.78 is 0. The average Bonchev–Trinajstić information content (AvgIpc) is 2.55. The summed E-state index contributed by atoms with van der Waals surface area (Å²) in [6.45, 7) is 3.11. The Labute approximate surface area is 126 Å². The summed E-state index contributed by atoms with van der Waals surface area (Å²) in [7, 11) is 0. The van der Waals surface area contributed by atoms with E-state index in [4.69, 9.17) is 0 Å². The Kier molecular flexibility index (Phi) is 6.58. The van der Waals surface area contributed by atoms with Crippen LogP contribution in [0.25, 0.3) is 11.4 Å². The predicted molar refractivity (Wildman–Crippen MR) is 84.9 cm³/mol. The first kappa shape index (κ1) is 15.4. The Morgan fingerprint density at radius 3 is 2.19 bits per heavy atom. The maximum Gasteiger partial charge on any atom is 0.262 e. The van der Waals surface area contributed by atoms with Crippen molar-refractivity contribution in [1.82, 2.24) is 20.4 Å². The molecule has 1 aromatic carbocycles. The Morgan fingerprint density at radius 1 is 0.810 bits per heavy atom. The van der Waals surface area contributed by atoms with E-state index in [1.807, 2.05) is 30.3 Å². The Bertz CT molecular complexity index is 498. The smallest absolute Gasteiger partial charge is 0.262 e. The van der Waals surface area contributed by atoms with E-state index in [1.165, 1.54) is 32.1 Å². The van der Waals surface area contributed by atoms with Crippen LogP contribution in [0.15, 0.2) is 30.3 Å². The van der Waals surface area contributed by atoms with Gasteiger partial charge in [-0.15, -0.1) is 20.4 Å². The maximum absolute atomic E-state index is 4.10. The second kappa shape index (κ2) is 9.00. The van der Waals surface area contributed by atoms with Gasteiger partial charge in [0.25, 0.3) is 5.95 Å². The van der Waals surface area contributed by atoms with Gasteiger partial charge in [0.2, 0.25) is 5.82 Å². The molecule has 0 saturated carbocycles. The molecule has 1 aromatic heterocycles. The van der Waals surface area contributed by atoms with Crippen LogP contribution < -0.4 is 5.32 Å². The zero-order valence-corrected chi connectivity index (χ0v) is 12.6. The zero-order valence-electron chi connectivity index (χ0n) is 12.6. The number of aromatic nitrogens is 4. The Hall–Kier alpha value is -2.04. The highest BCUT2D eigenvalue weighted by Crippen LogP contribution is 2.11. The highest BCUT2D eigenvalue weighted by molar-refractivity contribution is 5.53. The number of nitrogens with one attached hydrogen (secondary N) is 1. The van der Waals surface area contributed by atoms with Crippen LogP contribution in [-0.2, 0) is 0 Å². The number of unbranched alkanes of at least 4 members (excludes halogenated alkanes) is 5. The Morgan fingerprint density at radius 2 is 1.48 bits per heavy atom. The lowest BCUT2D eigenvalue weighted by Gasteiger charge is -2.04. The van der Waals surface area contributed by atoms with Gasteiger partial charge in [0.1, 0.15) is 0 Å². The fourth-order valence-electron chi connectivity index (χ4n) is 2.11. The maximum atomic E-state index is 4.10. The quantitative estimate of drug-likeness (QED) is 0.712. The number of anilines is 1. The molecule has 0 bridgehead atoms. The number of hydrogen-bond donors (Lipinski definition) is 1. The SMILES string of the molecule is CCCCCCCCNc1nnc(-c2ccccc2)nn1. The highest BCUT2D eigenvalue weighted by Gasteiger charge is 2.03. The molecule has 2 aromatic rings. The monoisotopic (exact) mass is 285 g/mol. The van der Waals surface area contributed by atoms with E-state index in [2.05, 4.69) is 32.6 Å². The molecule has 112 valence electrons. The second-order valence-electron chi connectivity index (χ2n) is 5.11. The van der Waals surface area contributed by atoms with Gasteiger partial charge in [0.15, 0.2) is 0 Å². The van der Waals surface area contributed by atoms with Crippen molar-refractivity contribution in [1.29, 1.82) is 0 Å². The molecule has 0 spiro atoms. The number of nitrogens with zero attached hydrogens (tertiary/aromatic N) is 4. The molecule has 1 heterocycles. The molecule has 5 nitrogen and oxygen atoms in total. The normalized spacial score (nSPS) is 10.5. The second-order valence-corrected chi connectivity index (χ2v) is 5.11. The third-order valence-corrected chi connectivity index (χ3v) is 3.32. The van der Waals surface area contributed by atoms with Crippen molar-refractivity contribution < 1.29 is 0 Å². The molecule has 21 heavy (non-hydrogen) atoms. The lowest BCUT2D eigenvalue weighted by molar-refractivity contribution is 0.616. The summed E-state index contributed by atoms with van der Waals surface area (Å²) in [4.78, 5) is 0. The minimum atomic E-state index is 0.503. The molecule has 2 rings (SSSR count). The van der Waals surface area contributed by atoms with Crippen molar-refractivity contribution >= 4 is 5.95 Å². The van der Waals surface area contributed by atoms with Crippen molar-refractivity contribution in [2.45, 2.75) is 45.4 Å². The van der Waals surface area contributed by atoms with E-state index < -0.39 is 0 Å². The first-order valence-corrected chi connectivity index (χ1v) is 7.77. The molecule has 0 radical (unpaired) electrons. The van der Waals surface area contributed by atoms with Crippen LogP contribution in [0.2, 0.25) is 0 Å². The first-order chi connectivity index (χ1) is 10.4. The van der Waals surface area contributed by atoms with Gasteiger partial charge in [0.05, 0.1) is 0 Å². The molecule has 0 atom stereocenters. The first-order valence-electron chi connectivity index (χ1n) is 7.77. The number of benzene rings is 1. The van der Waals surface area contributed by atoms with Gasteiger partial charge in [-0.2, -0.15) is 0 Å². The van der Waals surface area contributed by atoms with Crippen molar-refractivity contribution in [2.75, 3.05) is 11.9 Å². The minimum Gasteiger partial charge on any atom is -0.352 e. The molecular weight excluding hydrogens is 262 g/mol. The lowest BCUT2D eigenvalue weighted by Crippen LogP contribution is -2.08. The van der Waals surface area contributed by atoms with Gasteiger partial charge >= 0.3 is 0 Å². The summed E-state index contributed by atoms with van der Waals surface area (Å²) in [6, 6.07) is 9.75. The largest absolute Gasteiger partial charge is 0.352 e. The van der Waals surface area contributed by atoms with Gasteiger partial charge < -0.3 is 5.32 Å². The van der Waals surface area contributed by atoms with Crippen molar-refractivity contribution in [3.8, 4) is 11.4 Å². The topological polar surface area (TPSA) is 63.6 Å². The van der Waals surface area contributed by atoms with Crippen LogP contribution in [0.5, 0.6) is 0 Å². The van der Waals surface area contributed by atoms with E-state index in [1.54, 1.807) is 0 Å². The van der Waals surface area contributed by atoms with Crippen LogP contribution in [0.4, 0.5) is 5.95 Å². The van der Waals surface area contributed by atoms with Crippen LogP contribution >= 0.6 is 0 Å². The van der Waals surface area contributed by atoms with Crippen molar-refractivity contribution in [3.63, 3.8) is 0 Å². The molecule has 0 aliphatic rings. The standard InChI is InChI=1S/C16H23N5/c1-2-3-4-5-6-10-13-17-16-20-18-15(19-21-16)14-11-8-7-9-12-14/h7-9,11-12H,2-6,10,13H2,1H3,(H,17,20,21). The van der Waals surface area contributed by atoms with E-state index in [-0.39, 0.29) is 0 Å². The highest BCUT2D eigenvalue weighted by atomic mass is 15.3. The third-order valence-electron chi connectivity index (χ3n) is 3.32. The molecule has 0 amide bonds. The van der Waals surface area contributed by atoms with Crippen LogP contribution in [-0.4, -0.2) is 26.9 Å². The van der Waals surface area contributed by atoms with Gasteiger partial charge in [-0.05, 0) is 6.42 Å². The molecule has 0 aliphatic carbocycles. The van der Waals surface area contributed by atoms with E-state index >= 15 is 0 Å². The summed E-state index contributed by atoms with van der Waals surface area (Å²) in [5.74, 6) is 1.06. The Balaban J connectivity index is 1.71. The van der Waals surface area contributed by atoms with Gasteiger partial charge in [-0.25, -0.2) is 0 Å². The molecule has 5 heteroatoms. The number of rotatable bonds is 9. The summed E-state index contributed by atoms with van der Waals surface area (Å²) in [6.07, 6.45) is 7.65. The van der Waals surface area contributed by atoms with E-state index in [0.29, 0.717) is 11.8 Å². The van der Waals surface area contributed by atoms with Crippen LogP contribution in [0, 0.1) is 0 Å². The van der Waals surface area contributed by atoms with Crippen LogP contribution in [0.1, 0.15) is 45.4 Å². The number of hydrogen-bond acceptors (Lipinski definition) is 5. The van der Waals surface area contributed by atoms with Crippen molar-refractivity contribution in [2.24, 2.45) is 0 Å². The zero-order chi connectivity index (χ0) is 14.8. The molecule has 0 unspecified atom stereocenters. The fraction of sp³-hybridized carbons (Fsp3) is 0.500. The summed E-state index contributed by atoms with van der Waals surface area (Å²) >= 11 is 0. The van der Waals surface area contributed by atoms with Gasteiger partial charge in [-0.3, -0.25) is 0 Å². The molecule has 0 saturated heterocycles.